The SMILES string of the molecule is CC(C)NC(=O)[C@@H](NC(=O)c1cc([N+](=O)[O-])c(F)c(F)c1F)c1ccccc1. The summed E-state index contributed by atoms with van der Waals surface area (Å²) in [5.74, 6) is -8.01. The second-order valence-electron chi connectivity index (χ2n) is 6.12. The summed E-state index contributed by atoms with van der Waals surface area (Å²) in [5.41, 5.74) is -2.15. The van der Waals surface area contributed by atoms with Gasteiger partial charge in [-0.2, -0.15) is 4.39 Å². The molecule has 2 N–H and O–H groups in total. The number of hydrogen-bond donors (Lipinski definition) is 2. The molecule has 0 spiro atoms. The zero-order valence-corrected chi connectivity index (χ0v) is 14.8. The third kappa shape index (κ3) is 4.45. The average Bonchev–Trinajstić information content (AvgIpc) is 2.64. The molecule has 0 aromatic heterocycles. The Morgan fingerprint density at radius 1 is 1.00 bits per heavy atom. The molecule has 148 valence electrons. The van der Waals surface area contributed by atoms with Crippen molar-refractivity contribution in [3.05, 3.63) is 75.1 Å². The van der Waals surface area contributed by atoms with E-state index in [2.05, 4.69) is 10.6 Å². The van der Waals surface area contributed by atoms with Crippen LogP contribution in [0.3, 0.4) is 0 Å². The van der Waals surface area contributed by atoms with Crippen LogP contribution in [0.4, 0.5) is 18.9 Å². The third-order valence-corrected chi connectivity index (χ3v) is 3.67. The molecule has 0 aliphatic carbocycles. The zero-order chi connectivity index (χ0) is 21.0. The second-order valence-corrected chi connectivity index (χ2v) is 6.12. The van der Waals surface area contributed by atoms with Gasteiger partial charge in [0, 0.05) is 12.1 Å². The third-order valence-electron chi connectivity index (χ3n) is 3.67. The van der Waals surface area contributed by atoms with Gasteiger partial charge >= 0.3 is 5.69 Å². The first-order chi connectivity index (χ1) is 13.1. The van der Waals surface area contributed by atoms with Gasteiger partial charge in [0.1, 0.15) is 6.04 Å². The first-order valence-electron chi connectivity index (χ1n) is 8.11. The lowest BCUT2D eigenvalue weighted by Crippen LogP contribution is -2.43. The van der Waals surface area contributed by atoms with Gasteiger partial charge in [0.2, 0.25) is 17.5 Å². The summed E-state index contributed by atoms with van der Waals surface area (Å²) in [7, 11) is 0. The molecule has 0 bridgehead atoms. The van der Waals surface area contributed by atoms with Crippen molar-refractivity contribution in [2.24, 2.45) is 0 Å². The maximum atomic E-state index is 14.0. The van der Waals surface area contributed by atoms with Crippen LogP contribution in [0.1, 0.15) is 35.8 Å². The lowest BCUT2D eigenvalue weighted by Gasteiger charge is -2.20. The van der Waals surface area contributed by atoms with Crippen LogP contribution in [0, 0.1) is 27.6 Å². The number of nitrogens with zero attached hydrogens (tertiary/aromatic N) is 1. The molecule has 0 aliphatic heterocycles. The largest absolute Gasteiger partial charge is 0.352 e. The summed E-state index contributed by atoms with van der Waals surface area (Å²) in [6, 6.07) is 6.62. The number of benzene rings is 2. The topological polar surface area (TPSA) is 101 Å². The molecule has 1 atom stereocenters. The molecule has 2 amide bonds. The summed E-state index contributed by atoms with van der Waals surface area (Å²) < 4.78 is 41.2. The molecule has 7 nitrogen and oxygen atoms in total. The van der Waals surface area contributed by atoms with Gasteiger partial charge in [0.05, 0.1) is 10.5 Å². The van der Waals surface area contributed by atoms with Gasteiger partial charge in [-0.3, -0.25) is 19.7 Å². The van der Waals surface area contributed by atoms with E-state index in [9.17, 15) is 32.9 Å². The molecular formula is C18H16F3N3O4. The van der Waals surface area contributed by atoms with Gasteiger partial charge in [-0.05, 0) is 19.4 Å². The summed E-state index contributed by atoms with van der Waals surface area (Å²) in [6.45, 7) is 3.36. The van der Waals surface area contributed by atoms with Crippen LogP contribution in [-0.4, -0.2) is 22.8 Å². The van der Waals surface area contributed by atoms with E-state index in [4.69, 9.17) is 0 Å². The minimum absolute atomic E-state index is 0.281. The second kappa shape index (κ2) is 8.51. The minimum atomic E-state index is -2.15. The molecule has 2 aromatic rings. The zero-order valence-electron chi connectivity index (χ0n) is 14.8. The highest BCUT2D eigenvalue weighted by Crippen LogP contribution is 2.26. The predicted molar refractivity (Wildman–Crippen MR) is 92.9 cm³/mol. The van der Waals surface area contributed by atoms with E-state index < -0.39 is 51.5 Å². The van der Waals surface area contributed by atoms with Gasteiger partial charge in [-0.15, -0.1) is 0 Å². The Labute approximate surface area is 157 Å². The predicted octanol–water partition coefficient (Wildman–Crippen LogP) is 3.01. The normalized spacial score (nSPS) is 11.8. The van der Waals surface area contributed by atoms with Crippen molar-refractivity contribution >= 4 is 17.5 Å². The summed E-state index contributed by atoms with van der Waals surface area (Å²) in [6.07, 6.45) is 0. The molecule has 0 saturated carbocycles. The van der Waals surface area contributed by atoms with E-state index in [0.29, 0.717) is 5.56 Å². The van der Waals surface area contributed by atoms with Crippen LogP contribution >= 0.6 is 0 Å². The van der Waals surface area contributed by atoms with Crippen LogP contribution in [0.2, 0.25) is 0 Å². The van der Waals surface area contributed by atoms with Gasteiger partial charge in [-0.25, -0.2) is 8.78 Å². The van der Waals surface area contributed by atoms with Crippen molar-refractivity contribution in [2.45, 2.75) is 25.9 Å². The molecule has 0 aliphatic rings. The number of carbonyl (C=O) groups is 2. The Morgan fingerprint density at radius 3 is 2.14 bits per heavy atom. The van der Waals surface area contributed by atoms with Gasteiger partial charge in [0.15, 0.2) is 5.82 Å². The molecule has 2 rings (SSSR count). The highest BCUT2D eigenvalue weighted by molar-refractivity contribution is 5.98. The fourth-order valence-electron chi connectivity index (χ4n) is 2.41. The number of amides is 2. The van der Waals surface area contributed by atoms with Gasteiger partial charge < -0.3 is 10.6 Å². The highest BCUT2D eigenvalue weighted by atomic mass is 19.2. The van der Waals surface area contributed by atoms with Crippen LogP contribution in [-0.2, 0) is 4.79 Å². The molecule has 10 heteroatoms. The molecule has 0 fully saturated rings. The van der Waals surface area contributed by atoms with Crippen molar-refractivity contribution in [3.63, 3.8) is 0 Å². The van der Waals surface area contributed by atoms with E-state index in [1.807, 2.05) is 0 Å². The molecule has 0 heterocycles. The van der Waals surface area contributed by atoms with E-state index in [1.54, 1.807) is 32.0 Å². The van der Waals surface area contributed by atoms with Gasteiger partial charge in [-0.1, -0.05) is 30.3 Å². The number of nitrogens with one attached hydrogen (secondary N) is 2. The summed E-state index contributed by atoms with van der Waals surface area (Å²) in [4.78, 5) is 34.4. The first-order valence-corrected chi connectivity index (χ1v) is 8.11. The number of halogens is 3. The van der Waals surface area contributed by atoms with E-state index >= 15 is 0 Å². The van der Waals surface area contributed by atoms with Crippen molar-refractivity contribution in [2.75, 3.05) is 0 Å². The van der Waals surface area contributed by atoms with Crippen molar-refractivity contribution in [1.82, 2.24) is 10.6 Å². The Morgan fingerprint density at radius 2 is 1.61 bits per heavy atom. The van der Waals surface area contributed by atoms with Crippen molar-refractivity contribution in [1.29, 1.82) is 0 Å². The minimum Gasteiger partial charge on any atom is -0.352 e. The monoisotopic (exact) mass is 395 g/mol. The number of rotatable bonds is 6. The molecule has 0 saturated heterocycles. The van der Waals surface area contributed by atoms with Crippen molar-refractivity contribution < 1.29 is 27.7 Å². The number of nitro benzene ring substituents is 1. The average molecular weight is 395 g/mol. The lowest BCUT2D eigenvalue weighted by molar-refractivity contribution is -0.387. The van der Waals surface area contributed by atoms with Crippen LogP contribution in [0.5, 0.6) is 0 Å². The van der Waals surface area contributed by atoms with Crippen molar-refractivity contribution in [3.8, 4) is 0 Å². The number of nitro groups is 1. The van der Waals surface area contributed by atoms with E-state index in [0.717, 1.165) is 0 Å². The highest BCUT2D eigenvalue weighted by Gasteiger charge is 2.31. The van der Waals surface area contributed by atoms with E-state index in [1.165, 1.54) is 12.1 Å². The Hall–Kier alpha value is -3.43. The van der Waals surface area contributed by atoms with Gasteiger partial charge in [0.25, 0.3) is 5.91 Å². The molecule has 0 radical (unpaired) electrons. The number of hydrogen-bond acceptors (Lipinski definition) is 4. The summed E-state index contributed by atoms with van der Waals surface area (Å²) >= 11 is 0. The summed E-state index contributed by atoms with van der Waals surface area (Å²) in [5, 5.41) is 15.6. The fourth-order valence-corrected chi connectivity index (χ4v) is 2.41. The quantitative estimate of drug-likeness (QED) is 0.446. The molecule has 2 aromatic carbocycles. The van der Waals surface area contributed by atoms with Crippen LogP contribution in [0.25, 0.3) is 0 Å². The maximum absolute atomic E-state index is 14.0. The molecule has 28 heavy (non-hydrogen) atoms. The smallest absolute Gasteiger partial charge is 0.308 e. The van der Waals surface area contributed by atoms with Crippen LogP contribution < -0.4 is 10.6 Å². The van der Waals surface area contributed by atoms with E-state index in [-0.39, 0.29) is 12.1 Å². The fraction of sp³-hybridized carbons (Fsp3) is 0.222. The Balaban J connectivity index is 2.44. The Bertz CT molecular complexity index is 920. The van der Waals surface area contributed by atoms with Crippen LogP contribution in [0.15, 0.2) is 36.4 Å². The maximum Gasteiger partial charge on any atom is 0.308 e. The Kier molecular flexibility index (Phi) is 6.34. The lowest BCUT2D eigenvalue weighted by atomic mass is 10.0. The standard InChI is InChI=1S/C18H16F3N3O4/c1-9(2)22-18(26)16(10-6-4-3-5-7-10)23-17(25)11-8-12(24(27)28)14(20)15(21)13(11)19/h3-9,16H,1-2H3,(H,22,26)(H,23,25)/t16-/m0/s1. The number of carbonyl (C=O) groups excluding carboxylic acids is 2. The molecule has 0 unspecified atom stereocenters. The molecular weight excluding hydrogens is 379 g/mol. The first kappa shape index (κ1) is 20.9.